The second kappa shape index (κ2) is 11.5. The molecule has 1 aliphatic rings. The number of amides is 1. The molecular formula is C20H30IN5O2S. The van der Waals surface area contributed by atoms with E-state index < -0.39 is 0 Å². The van der Waals surface area contributed by atoms with E-state index in [9.17, 15) is 4.79 Å². The number of aromatic nitrogens is 1. The van der Waals surface area contributed by atoms with Gasteiger partial charge in [0, 0.05) is 57.0 Å². The van der Waals surface area contributed by atoms with E-state index in [0.29, 0.717) is 31.3 Å². The Kier molecular flexibility index (Phi) is 9.41. The summed E-state index contributed by atoms with van der Waals surface area (Å²) in [6, 6.07) is 3.45. The monoisotopic (exact) mass is 531 g/mol. The standard InChI is InChI=1S/C20H29N5O2S.HI/c1-4-21-20(22-8-7-16-14-28-18(23-16)15(2)3)25-11-9-24(10-12-25)19(26)17-6-5-13-27-17;/h5-6,13-15H,4,7-12H2,1-3H3,(H,21,22);1H. The van der Waals surface area contributed by atoms with Gasteiger partial charge in [-0.2, -0.15) is 0 Å². The highest BCUT2D eigenvalue weighted by Gasteiger charge is 2.25. The van der Waals surface area contributed by atoms with E-state index in [1.807, 2.05) is 4.90 Å². The van der Waals surface area contributed by atoms with Gasteiger partial charge in [-0.05, 0) is 19.1 Å². The highest BCUT2D eigenvalue weighted by molar-refractivity contribution is 14.0. The van der Waals surface area contributed by atoms with Crippen molar-refractivity contribution in [3.63, 3.8) is 0 Å². The quantitative estimate of drug-likeness (QED) is 0.351. The molecule has 1 aliphatic heterocycles. The van der Waals surface area contributed by atoms with Gasteiger partial charge in [-0.25, -0.2) is 4.98 Å². The van der Waals surface area contributed by atoms with Crippen molar-refractivity contribution in [3.05, 3.63) is 40.2 Å². The Labute approximate surface area is 193 Å². The summed E-state index contributed by atoms with van der Waals surface area (Å²) in [5.74, 6) is 1.74. The van der Waals surface area contributed by atoms with Crippen molar-refractivity contribution >= 4 is 47.2 Å². The van der Waals surface area contributed by atoms with Crippen LogP contribution in [0.25, 0.3) is 0 Å². The molecule has 0 spiro atoms. The highest BCUT2D eigenvalue weighted by Crippen LogP contribution is 2.19. The van der Waals surface area contributed by atoms with Gasteiger partial charge in [0.15, 0.2) is 11.7 Å². The normalized spacial score (nSPS) is 14.8. The SMILES string of the molecule is CCNC(=NCCc1csc(C(C)C)n1)N1CCN(C(=O)c2ccco2)CC1.I. The van der Waals surface area contributed by atoms with Gasteiger partial charge in [-0.1, -0.05) is 13.8 Å². The first kappa shape index (κ1) is 23.7. The predicted octanol–water partition coefficient (Wildman–Crippen LogP) is 3.44. The molecule has 2 aromatic heterocycles. The average Bonchev–Trinajstić information content (AvgIpc) is 3.39. The largest absolute Gasteiger partial charge is 0.459 e. The first-order chi connectivity index (χ1) is 13.6. The Hall–Kier alpha value is -1.62. The van der Waals surface area contributed by atoms with Gasteiger partial charge in [0.05, 0.1) is 17.0 Å². The number of aliphatic imine (C=N–C) groups is 1. The van der Waals surface area contributed by atoms with Gasteiger partial charge in [0.1, 0.15) is 0 Å². The van der Waals surface area contributed by atoms with Crippen LogP contribution in [0.3, 0.4) is 0 Å². The van der Waals surface area contributed by atoms with E-state index >= 15 is 0 Å². The molecule has 0 saturated carbocycles. The Balaban J connectivity index is 0.00000300. The van der Waals surface area contributed by atoms with Crippen molar-refractivity contribution in [2.75, 3.05) is 39.3 Å². The Morgan fingerprint density at radius 1 is 1.31 bits per heavy atom. The molecule has 0 aromatic carbocycles. The molecule has 0 aliphatic carbocycles. The number of nitrogens with zero attached hydrogens (tertiary/aromatic N) is 4. The number of furan rings is 1. The third kappa shape index (κ3) is 6.43. The molecule has 2 aromatic rings. The van der Waals surface area contributed by atoms with Gasteiger partial charge in [-0.3, -0.25) is 9.79 Å². The summed E-state index contributed by atoms with van der Waals surface area (Å²) in [5.41, 5.74) is 1.11. The van der Waals surface area contributed by atoms with Crippen molar-refractivity contribution in [3.8, 4) is 0 Å². The van der Waals surface area contributed by atoms with E-state index in [4.69, 9.17) is 9.41 Å². The van der Waals surface area contributed by atoms with Crippen molar-refractivity contribution in [2.24, 2.45) is 4.99 Å². The molecule has 0 radical (unpaired) electrons. The molecule has 9 heteroatoms. The number of nitrogens with one attached hydrogen (secondary N) is 1. The van der Waals surface area contributed by atoms with E-state index in [1.54, 1.807) is 23.5 Å². The predicted molar refractivity (Wildman–Crippen MR) is 127 cm³/mol. The van der Waals surface area contributed by atoms with Crippen LogP contribution >= 0.6 is 35.3 Å². The summed E-state index contributed by atoms with van der Waals surface area (Å²) < 4.78 is 5.23. The zero-order valence-electron chi connectivity index (χ0n) is 17.3. The van der Waals surface area contributed by atoms with Crippen LogP contribution in [0.2, 0.25) is 0 Å². The minimum Gasteiger partial charge on any atom is -0.459 e. The average molecular weight is 531 g/mol. The second-order valence-electron chi connectivity index (χ2n) is 7.07. The van der Waals surface area contributed by atoms with Gasteiger partial charge < -0.3 is 19.5 Å². The molecule has 3 heterocycles. The number of hydrogen-bond donors (Lipinski definition) is 1. The lowest BCUT2D eigenvalue weighted by Gasteiger charge is -2.36. The molecule has 0 unspecified atom stereocenters. The van der Waals surface area contributed by atoms with Gasteiger partial charge >= 0.3 is 0 Å². The molecule has 3 rings (SSSR count). The van der Waals surface area contributed by atoms with Crippen molar-refractivity contribution in [1.29, 1.82) is 0 Å². The summed E-state index contributed by atoms with van der Waals surface area (Å²) in [5, 5.41) is 6.69. The molecule has 1 saturated heterocycles. The van der Waals surface area contributed by atoms with Gasteiger partial charge in [-0.15, -0.1) is 35.3 Å². The van der Waals surface area contributed by atoms with Crippen LogP contribution < -0.4 is 5.32 Å². The zero-order valence-corrected chi connectivity index (χ0v) is 20.4. The van der Waals surface area contributed by atoms with Crippen LogP contribution in [0.5, 0.6) is 0 Å². The molecule has 1 fully saturated rings. The number of thiazole rings is 1. The summed E-state index contributed by atoms with van der Waals surface area (Å²) in [6.45, 7) is 10.8. The maximum atomic E-state index is 12.4. The Morgan fingerprint density at radius 3 is 2.62 bits per heavy atom. The van der Waals surface area contributed by atoms with E-state index in [-0.39, 0.29) is 29.9 Å². The van der Waals surface area contributed by atoms with E-state index in [1.165, 1.54) is 11.3 Å². The molecule has 160 valence electrons. The number of piperazine rings is 1. The summed E-state index contributed by atoms with van der Waals surface area (Å²) in [7, 11) is 0. The van der Waals surface area contributed by atoms with Crippen molar-refractivity contribution in [1.82, 2.24) is 20.1 Å². The fourth-order valence-electron chi connectivity index (χ4n) is 3.08. The summed E-state index contributed by atoms with van der Waals surface area (Å²) >= 11 is 1.73. The topological polar surface area (TPSA) is 74.0 Å². The lowest BCUT2D eigenvalue weighted by Crippen LogP contribution is -2.53. The molecule has 7 nitrogen and oxygen atoms in total. The van der Waals surface area contributed by atoms with Crippen LogP contribution in [0.4, 0.5) is 0 Å². The van der Waals surface area contributed by atoms with Gasteiger partial charge in [0.25, 0.3) is 5.91 Å². The molecular weight excluding hydrogens is 501 g/mol. The van der Waals surface area contributed by atoms with Crippen LogP contribution in [-0.4, -0.2) is 65.9 Å². The molecule has 29 heavy (non-hydrogen) atoms. The first-order valence-corrected chi connectivity index (χ1v) is 10.8. The summed E-state index contributed by atoms with van der Waals surface area (Å²) in [6.07, 6.45) is 2.38. The maximum absolute atomic E-state index is 12.4. The second-order valence-corrected chi connectivity index (χ2v) is 7.96. The van der Waals surface area contributed by atoms with Crippen LogP contribution in [0.15, 0.2) is 33.2 Å². The summed E-state index contributed by atoms with van der Waals surface area (Å²) in [4.78, 5) is 25.9. The molecule has 0 atom stereocenters. The zero-order chi connectivity index (χ0) is 19.9. The number of hydrogen-bond acceptors (Lipinski definition) is 5. The fraction of sp³-hybridized carbons (Fsp3) is 0.550. The molecule has 0 bridgehead atoms. The number of rotatable bonds is 6. The fourth-order valence-corrected chi connectivity index (χ4v) is 3.95. The highest BCUT2D eigenvalue weighted by atomic mass is 127. The lowest BCUT2D eigenvalue weighted by molar-refractivity contribution is 0.0657. The Morgan fingerprint density at radius 2 is 2.03 bits per heavy atom. The lowest BCUT2D eigenvalue weighted by atomic mass is 10.2. The van der Waals surface area contributed by atoms with Crippen molar-refractivity contribution in [2.45, 2.75) is 33.1 Å². The minimum atomic E-state index is -0.0453. The van der Waals surface area contributed by atoms with Crippen molar-refractivity contribution < 1.29 is 9.21 Å². The number of carbonyl (C=O) groups is 1. The van der Waals surface area contributed by atoms with Crippen LogP contribution in [0, 0.1) is 0 Å². The Bertz CT molecular complexity index is 783. The molecule has 1 amide bonds. The van der Waals surface area contributed by atoms with Crippen LogP contribution in [0.1, 0.15) is 47.9 Å². The number of carbonyl (C=O) groups excluding carboxylic acids is 1. The molecule has 1 N–H and O–H groups in total. The van der Waals surface area contributed by atoms with E-state index in [0.717, 1.165) is 37.7 Å². The first-order valence-electron chi connectivity index (χ1n) is 9.88. The van der Waals surface area contributed by atoms with Crippen LogP contribution in [-0.2, 0) is 6.42 Å². The maximum Gasteiger partial charge on any atom is 0.289 e. The number of halogens is 1. The minimum absolute atomic E-state index is 0. The van der Waals surface area contributed by atoms with Gasteiger partial charge in [0.2, 0.25) is 0 Å². The van der Waals surface area contributed by atoms with E-state index in [2.05, 4.69) is 41.4 Å². The smallest absolute Gasteiger partial charge is 0.289 e. The third-order valence-electron chi connectivity index (χ3n) is 4.63. The third-order valence-corrected chi connectivity index (χ3v) is 5.82. The number of guanidine groups is 1.